The Morgan fingerprint density at radius 2 is 1.34 bits per heavy atom. The van der Waals surface area contributed by atoms with Crippen molar-refractivity contribution in [1.29, 1.82) is 0 Å². The van der Waals surface area contributed by atoms with Gasteiger partial charge in [-0.25, -0.2) is 0 Å². The molecular weight excluding hydrogens is 612 g/mol. The van der Waals surface area contributed by atoms with E-state index in [1.165, 1.54) is 10.5 Å². The smallest absolute Gasteiger partial charge is 0.262 e. The molecule has 1 aromatic carbocycles. The van der Waals surface area contributed by atoms with Crippen LogP contribution in [0.15, 0.2) is 57.7 Å². The minimum atomic E-state index is -0.250. The number of halogens is 2. The van der Waals surface area contributed by atoms with E-state index in [1.807, 2.05) is 12.3 Å². The molecule has 7 nitrogen and oxygen atoms in total. The first-order chi connectivity index (χ1) is 16.8. The summed E-state index contributed by atoms with van der Waals surface area (Å²) < 4.78 is 1.97. The van der Waals surface area contributed by atoms with Gasteiger partial charge in [-0.1, -0.05) is 34.4 Å². The number of aliphatic hydroxyl groups excluding tert-OH is 1. The van der Waals surface area contributed by atoms with E-state index < -0.39 is 0 Å². The topological polar surface area (TPSA) is 109 Å². The number of nitrogens with zero attached hydrogens (tertiary/aromatic N) is 3. The van der Waals surface area contributed by atoms with Crippen LogP contribution in [0.4, 0.5) is 0 Å². The number of nitrogens with two attached hydrogens (primary N) is 1. The van der Waals surface area contributed by atoms with Crippen LogP contribution in [-0.2, 0) is 12.8 Å². The Balaban J connectivity index is 0.000000364. The molecule has 2 aliphatic carbocycles. The van der Waals surface area contributed by atoms with E-state index >= 15 is 0 Å². The van der Waals surface area contributed by atoms with Crippen LogP contribution >= 0.6 is 31.9 Å². The molecule has 0 saturated heterocycles. The van der Waals surface area contributed by atoms with Gasteiger partial charge in [-0.2, -0.15) is 0 Å². The maximum absolute atomic E-state index is 12.5. The molecule has 3 heterocycles. The van der Waals surface area contributed by atoms with Crippen LogP contribution in [0.2, 0.25) is 0 Å². The number of hydrogen-bond acceptors (Lipinski definition) is 6. The molecule has 0 fully saturated rings. The number of aromatic nitrogens is 2. The number of aliphatic hydroxyl groups is 1. The van der Waals surface area contributed by atoms with Crippen molar-refractivity contribution in [3.63, 3.8) is 0 Å². The first-order valence-electron chi connectivity index (χ1n) is 11.5. The highest BCUT2D eigenvalue weighted by Gasteiger charge is 2.43. The Morgan fingerprint density at radius 3 is 1.87 bits per heavy atom. The quantitative estimate of drug-likeness (QED) is 0.280. The maximum atomic E-state index is 12.5. The Kier molecular flexibility index (Phi) is 12.9. The molecule has 38 heavy (non-hydrogen) atoms. The van der Waals surface area contributed by atoms with Crippen LogP contribution in [0.3, 0.4) is 0 Å². The number of carbonyl (C=O) groups is 2. The Morgan fingerprint density at radius 1 is 0.895 bits per heavy atom. The minimum Gasteiger partial charge on any atom is -0.397 e. The molecule has 2 atom stereocenters. The lowest BCUT2D eigenvalue weighted by atomic mass is 10.1. The molecule has 2 aromatic heterocycles. The van der Waals surface area contributed by atoms with Crippen LogP contribution in [0.1, 0.15) is 97.4 Å². The van der Waals surface area contributed by atoms with Gasteiger partial charge in [0.25, 0.3) is 11.8 Å². The molecule has 9 heteroatoms. The SMILES string of the molecule is C.C.C.CCO.NC1CCc2cc(Br)cnc21.O=C1c2ccccc2C(=O)N1C1CCc2cc(Br)cnc21. The number of rotatable bonds is 1. The Hall–Kier alpha value is -2.46. The first-order valence-corrected chi connectivity index (χ1v) is 13.1. The zero-order chi connectivity index (χ0) is 25.1. The van der Waals surface area contributed by atoms with Gasteiger partial charge in [-0.15, -0.1) is 0 Å². The summed E-state index contributed by atoms with van der Waals surface area (Å²) in [7, 11) is 0. The predicted octanol–water partition coefficient (Wildman–Crippen LogP) is 6.82. The van der Waals surface area contributed by atoms with E-state index in [2.05, 4.69) is 47.9 Å². The molecule has 2 unspecified atom stereocenters. The molecule has 3 aromatic rings. The van der Waals surface area contributed by atoms with Gasteiger partial charge in [0.05, 0.1) is 28.6 Å². The summed E-state index contributed by atoms with van der Waals surface area (Å²) in [5.41, 5.74) is 11.1. The summed E-state index contributed by atoms with van der Waals surface area (Å²) in [5.74, 6) is -0.420. The second-order valence-corrected chi connectivity index (χ2v) is 10.3. The Bertz CT molecular complexity index is 1230. The maximum Gasteiger partial charge on any atom is 0.262 e. The van der Waals surface area contributed by atoms with Gasteiger partial charge in [0.15, 0.2) is 0 Å². The number of carbonyl (C=O) groups excluding carboxylic acids is 2. The molecule has 0 radical (unpaired) electrons. The van der Waals surface area contributed by atoms with Crippen LogP contribution in [0, 0.1) is 0 Å². The van der Waals surface area contributed by atoms with Crippen molar-refractivity contribution in [3.05, 3.63) is 91.4 Å². The van der Waals surface area contributed by atoms with Crippen molar-refractivity contribution in [2.45, 2.75) is 67.0 Å². The standard InChI is InChI=1S/C16H11BrN2O2.C8H9BrN2.C2H6O.3CH4/c17-10-7-9-5-6-13(14(9)18-8-10)19-15(20)11-3-1-2-4-12(11)16(19)21;9-6-3-5-1-2-7(10)8(5)11-4-6;1-2-3;;;/h1-4,7-8,13H,5-6H2;3-4,7H,1-2,10H2;3H,2H2,1H3;3*1H4. The van der Waals surface area contributed by atoms with E-state index in [4.69, 9.17) is 10.8 Å². The van der Waals surface area contributed by atoms with Gasteiger partial charge < -0.3 is 10.8 Å². The van der Waals surface area contributed by atoms with Crippen LogP contribution in [-0.4, -0.2) is 38.4 Å². The Labute approximate surface area is 243 Å². The van der Waals surface area contributed by atoms with Crippen LogP contribution in [0.25, 0.3) is 0 Å². The van der Waals surface area contributed by atoms with Gasteiger partial charge in [-0.05, 0) is 99.9 Å². The number of imide groups is 1. The number of fused-ring (bicyclic) bond motifs is 3. The zero-order valence-corrected chi connectivity index (χ0v) is 22.4. The highest BCUT2D eigenvalue weighted by Crippen LogP contribution is 2.39. The largest absolute Gasteiger partial charge is 0.397 e. The van der Waals surface area contributed by atoms with E-state index in [-0.39, 0.29) is 52.8 Å². The molecule has 206 valence electrons. The number of benzene rings is 1. The molecule has 6 rings (SSSR count). The van der Waals surface area contributed by atoms with E-state index in [0.717, 1.165) is 51.6 Å². The summed E-state index contributed by atoms with van der Waals surface area (Å²) in [5, 5.41) is 7.57. The fourth-order valence-electron chi connectivity index (χ4n) is 4.64. The van der Waals surface area contributed by atoms with Gasteiger partial charge in [-0.3, -0.25) is 24.5 Å². The molecule has 0 saturated carbocycles. The number of pyridine rings is 2. The normalized spacial score (nSPS) is 17.8. The minimum absolute atomic E-state index is 0. The lowest BCUT2D eigenvalue weighted by Crippen LogP contribution is -2.33. The summed E-state index contributed by atoms with van der Waals surface area (Å²) in [4.78, 5) is 35.1. The average molecular weight is 650 g/mol. The molecule has 1 aliphatic heterocycles. The second-order valence-electron chi connectivity index (χ2n) is 8.44. The molecule has 0 bridgehead atoms. The monoisotopic (exact) mass is 648 g/mol. The average Bonchev–Trinajstić information content (AvgIpc) is 3.49. The highest BCUT2D eigenvalue weighted by atomic mass is 79.9. The molecule has 3 N–H and O–H groups in total. The third kappa shape index (κ3) is 6.75. The summed E-state index contributed by atoms with van der Waals surface area (Å²) in [6, 6.07) is 11.0. The second kappa shape index (κ2) is 14.6. The van der Waals surface area contributed by atoms with Gasteiger partial charge in [0.2, 0.25) is 0 Å². The number of aryl methyl sites for hydroxylation is 2. The molecule has 0 spiro atoms. The van der Waals surface area contributed by atoms with Gasteiger partial charge in [0.1, 0.15) is 0 Å². The van der Waals surface area contributed by atoms with Crippen molar-refractivity contribution in [3.8, 4) is 0 Å². The molecule has 3 aliphatic rings. The molecular formula is C29H38Br2N4O3. The molecule has 2 amide bonds. The van der Waals surface area contributed by atoms with Gasteiger partial charge in [0, 0.05) is 34.0 Å². The van der Waals surface area contributed by atoms with E-state index in [9.17, 15) is 9.59 Å². The van der Waals surface area contributed by atoms with Crippen LogP contribution < -0.4 is 5.73 Å². The van der Waals surface area contributed by atoms with Crippen molar-refractivity contribution in [1.82, 2.24) is 14.9 Å². The van der Waals surface area contributed by atoms with Gasteiger partial charge >= 0.3 is 0 Å². The van der Waals surface area contributed by atoms with Crippen molar-refractivity contribution >= 4 is 43.7 Å². The van der Waals surface area contributed by atoms with Crippen LogP contribution in [0.5, 0.6) is 0 Å². The number of amides is 2. The van der Waals surface area contributed by atoms with E-state index in [1.54, 1.807) is 37.4 Å². The summed E-state index contributed by atoms with van der Waals surface area (Å²) >= 11 is 6.79. The predicted molar refractivity (Wildman–Crippen MR) is 160 cm³/mol. The fourth-order valence-corrected chi connectivity index (χ4v) is 5.39. The third-order valence-corrected chi connectivity index (χ3v) is 7.02. The summed E-state index contributed by atoms with van der Waals surface area (Å²) in [6.07, 6.45) is 7.21. The van der Waals surface area contributed by atoms with Crippen molar-refractivity contribution in [2.24, 2.45) is 5.73 Å². The number of hydrogen-bond donors (Lipinski definition) is 2. The van der Waals surface area contributed by atoms with Crippen molar-refractivity contribution in [2.75, 3.05) is 6.61 Å². The van der Waals surface area contributed by atoms with E-state index in [0.29, 0.717) is 11.1 Å². The fraction of sp³-hybridized carbons (Fsp3) is 0.379. The highest BCUT2D eigenvalue weighted by molar-refractivity contribution is 9.10. The third-order valence-electron chi connectivity index (χ3n) is 6.15. The first kappa shape index (κ1) is 33.6. The van der Waals surface area contributed by atoms with Crippen molar-refractivity contribution < 1.29 is 14.7 Å². The lowest BCUT2D eigenvalue weighted by Gasteiger charge is -2.22. The summed E-state index contributed by atoms with van der Waals surface area (Å²) in [6.45, 7) is 1.93. The lowest BCUT2D eigenvalue weighted by molar-refractivity contribution is 0.0579. The zero-order valence-electron chi connectivity index (χ0n) is 19.2.